The number of allylic oxidation sites excluding steroid dienone is 3. The van der Waals surface area contributed by atoms with E-state index >= 15 is 0 Å². The summed E-state index contributed by atoms with van der Waals surface area (Å²) in [7, 11) is 0. The summed E-state index contributed by atoms with van der Waals surface area (Å²) in [5.74, 6) is -0.361. The van der Waals surface area contributed by atoms with Gasteiger partial charge in [-0.3, -0.25) is 4.99 Å². The zero-order chi connectivity index (χ0) is 8.81. The fourth-order valence-corrected chi connectivity index (χ4v) is 0.818. The van der Waals surface area contributed by atoms with E-state index < -0.39 is 0 Å². The Morgan fingerprint density at radius 2 is 2.58 bits per heavy atom. The molecule has 0 bridgehead atoms. The zero-order valence-corrected chi connectivity index (χ0v) is 6.99. The van der Waals surface area contributed by atoms with Crippen LogP contribution in [0, 0.1) is 0 Å². The van der Waals surface area contributed by atoms with Crippen molar-refractivity contribution < 1.29 is 9.53 Å². The minimum Gasteiger partial charge on any atom is -0.461 e. The largest absolute Gasteiger partial charge is 0.461 e. The minimum atomic E-state index is -0.361. The highest BCUT2D eigenvalue weighted by atomic mass is 16.5. The van der Waals surface area contributed by atoms with E-state index in [9.17, 15) is 4.79 Å². The Morgan fingerprint density at radius 3 is 3.33 bits per heavy atom. The summed E-state index contributed by atoms with van der Waals surface area (Å²) in [6, 6.07) is 0. The molecule has 1 rings (SSSR count). The predicted octanol–water partition coefficient (Wildman–Crippen LogP) is 1.46. The van der Waals surface area contributed by atoms with Crippen LogP contribution in [0.5, 0.6) is 0 Å². The van der Waals surface area contributed by atoms with Crippen molar-refractivity contribution in [2.75, 3.05) is 6.61 Å². The van der Waals surface area contributed by atoms with Gasteiger partial charge in [0.25, 0.3) is 0 Å². The number of rotatable bonds is 2. The van der Waals surface area contributed by atoms with Gasteiger partial charge in [0.1, 0.15) is 5.70 Å². The third kappa shape index (κ3) is 2.34. The highest BCUT2D eigenvalue weighted by molar-refractivity contribution is 5.90. The molecule has 3 nitrogen and oxygen atoms in total. The standard InChI is InChI=1S/C9H11NO2/c1-2-12-9(11)8-6-4-3-5-7-10-8/h3-4,6-7H,2,5H2,1H3. The lowest BCUT2D eigenvalue weighted by molar-refractivity contribution is -0.138. The zero-order valence-electron chi connectivity index (χ0n) is 6.99. The molecule has 0 aromatic rings. The highest BCUT2D eigenvalue weighted by Crippen LogP contribution is 2.03. The van der Waals surface area contributed by atoms with Gasteiger partial charge < -0.3 is 4.74 Å². The molecule has 0 aromatic heterocycles. The van der Waals surface area contributed by atoms with Gasteiger partial charge in [-0.15, -0.1) is 0 Å². The number of carbonyl (C=O) groups is 1. The van der Waals surface area contributed by atoms with Gasteiger partial charge in [-0.25, -0.2) is 4.79 Å². The van der Waals surface area contributed by atoms with Crippen LogP contribution in [0.25, 0.3) is 0 Å². The van der Waals surface area contributed by atoms with Gasteiger partial charge in [0, 0.05) is 12.6 Å². The van der Waals surface area contributed by atoms with E-state index in [0.717, 1.165) is 6.42 Å². The first-order valence-electron chi connectivity index (χ1n) is 3.91. The van der Waals surface area contributed by atoms with Crippen LogP contribution in [0.3, 0.4) is 0 Å². The molecule has 1 heterocycles. The Morgan fingerprint density at radius 1 is 1.75 bits per heavy atom. The van der Waals surface area contributed by atoms with E-state index in [0.29, 0.717) is 12.3 Å². The number of carbonyl (C=O) groups excluding carboxylic acids is 1. The SMILES string of the molecule is CCOC(=O)C1=CC=CCC=N1. The Hall–Kier alpha value is -1.38. The van der Waals surface area contributed by atoms with E-state index in [1.54, 1.807) is 25.3 Å². The molecule has 0 aromatic carbocycles. The fourth-order valence-electron chi connectivity index (χ4n) is 0.818. The van der Waals surface area contributed by atoms with Gasteiger partial charge in [-0.2, -0.15) is 0 Å². The predicted molar refractivity (Wildman–Crippen MR) is 47.0 cm³/mol. The maximum Gasteiger partial charge on any atom is 0.356 e. The lowest BCUT2D eigenvalue weighted by Gasteiger charge is -1.99. The number of hydrogen-bond acceptors (Lipinski definition) is 3. The normalized spacial score (nSPS) is 15.2. The molecular formula is C9H11NO2. The van der Waals surface area contributed by atoms with Crippen molar-refractivity contribution >= 4 is 12.2 Å². The average Bonchev–Trinajstić information content (AvgIpc) is 2.32. The summed E-state index contributed by atoms with van der Waals surface area (Å²) in [6.07, 6.45) is 7.84. The molecule has 64 valence electrons. The van der Waals surface area contributed by atoms with E-state index in [4.69, 9.17) is 4.74 Å². The number of aliphatic imine (C=N–C) groups is 1. The molecule has 1 aliphatic heterocycles. The Kier molecular flexibility index (Phi) is 3.26. The summed E-state index contributed by atoms with van der Waals surface area (Å²) >= 11 is 0. The lowest BCUT2D eigenvalue weighted by atomic mass is 10.4. The molecule has 0 aliphatic carbocycles. The van der Waals surface area contributed by atoms with Gasteiger partial charge in [0.15, 0.2) is 0 Å². The second-order valence-corrected chi connectivity index (χ2v) is 2.25. The van der Waals surface area contributed by atoms with Gasteiger partial charge in [-0.05, 0) is 13.0 Å². The fraction of sp³-hybridized carbons (Fsp3) is 0.333. The first-order chi connectivity index (χ1) is 5.84. The van der Waals surface area contributed by atoms with Crippen molar-refractivity contribution in [3.63, 3.8) is 0 Å². The van der Waals surface area contributed by atoms with Gasteiger partial charge in [-0.1, -0.05) is 12.2 Å². The Balaban J connectivity index is 2.66. The second-order valence-electron chi connectivity index (χ2n) is 2.25. The first-order valence-corrected chi connectivity index (χ1v) is 3.91. The van der Waals surface area contributed by atoms with Crippen LogP contribution < -0.4 is 0 Å². The maximum absolute atomic E-state index is 11.1. The molecule has 3 heteroatoms. The first kappa shape index (κ1) is 8.71. The van der Waals surface area contributed by atoms with Crippen LogP contribution in [-0.2, 0) is 9.53 Å². The molecule has 12 heavy (non-hydrogen) atoms. The summed E-state index contributed by atoms with van der Waals surface area (Å²) in [4.78, 5) is 15.1. The van der Waals surface area contributed by atoms with Crippen molar-refractivity contribution in [1.29, 1.82) is 0 Å². The van der Waals surface area contributed by atoms with E-state index in [1.807, 2.05) is 6.08 Å². The van der Waals surface area contributed by atoms with Gasteiger partial charge in [0.05, 0.1) is 6.61 Å². The third-order valence-electron chi connectivity index (χ3n) is 1.35. The molecule has 0 radical (unpaired) electrons. The average molecular weight is 165 g/mol. The van der Waals surface area contributed by atoms with Crippen LogP contribution in [0.1, 0.15) is 13.3 Å². The van der Waals surface area contributed by atoms with E-state index in [2.05, 4.69) is 4.99 Å². The van der Waals surface area contributed by atoms with Crippen LogP contribution in [0.2, 0.25) is 0 Å². The van der Waals surface area contributed by atoms with Crippen molar-refractivity contribution in [3.05, 3.63) is 23.9 Å². The molecule has 0 spiro atoms. The maximum atomic E-state index is 11.1. The molecule has 0 atom stereocenters. The monoisotopic (exact) mass is 165 g/mol. The molecule has 0 unspecified atom stereocenters. The van der Waals surface area contributed by atoms with Crippen molar-refractivity contribution in [3.8, 4) is 0 Å². The number of nitrogens with zero attached hydrogens (tertiary/aromatic N) is 1. The molecule has 0 saturated heterocycles. The summed E-state index contributed by atoms with van der Waals surface area (Å²) in [5, 5.41) is 0. The van der Waals surface area contributed by atoms with Crippen LogP contribution in [0.15, 0.2) is 28.9 Å². The Bertz CT molecular complexity index is 251. The quantitative estimate of drug-likeness (QED) is 0.581. The molecule has 1 aliphatic rings. The van der Waals surface area contributed by atoms with E-state index in [1.165, 1.54) is 0 Å². The summed E-state index contributed by atoms with van der Waals surface area (Å²) < 4.78 is 4.78. The molecule has 0 saturated carbocycles. The molecular weight excluding hydrogens is 154 g/mol. The second kappa shape index (κ2) is 4.49. The van der Waals surface area contributed by atoms with Gasteiger partial charge in [0.2, 0.25) is 0 Å². The molecule has 0 N–H and O–H groups in total. The third-order valence-corrected chi connectivity index (χ3v) is 1.35. The molecule has 0 amide bonds. The molecule has 0 fully saturated rings. The number of esters is 1. The summed E-state index contributed by atoms with van der Waals surface area (Å²) in [6.45, 7) is 2.16. The highest BCUT2D eigenvalue weighted by Gasteiger charge is 2.07. The number of hydrogen-bond donors (Lipinski definition) is 0. The van der Waals surface area contributed by atoms with Crippen molar-refractivity contribution in [2.24, 2.45) is 4.99 Å². The van der Waals surface area contributed by atoms with E-state index in [-0.39, 0.29) is 5.97 Å². The van der Waals surface area contributed by atoms with Crippen LogP contribution >= 0.6 is 0 Å². The van der Waals surface area contributed by atoms with Gasteiger partial charge >= 0.3 is 5.97 Å². The summed E-state index contributed by atoms with van der Waals surface area (Å²) in [5.41, 5.74) is 0.366. The van der Waals surface area contributed by atoms with Crippen molar-refractivity contribution in [2.45, 2.75) is 13.3 Å². The number of ether oxygens (including phenoxy) is 1. The van der Waals surface area contributed by atoms with Crippen molar-refractivity contribution in [1.82, 2.24) is 0 Å². The Labute approximate surface area is 71.4 Å². The lowest BCUT2D eigenvalue weighted by Crippen LogP contribution is -2.05. The minimum absolute atomic E-state index is 0.361. The topological polar surface area (TPSA) is 38.7 Å². The smallest absolute Gasteiger partial charge is 0.356 e. The van der Waals surface area contributed by atoms with Crippen LogP contribution in [0.4, 0.5) is 0 Å². The van der Waals surface area contributed by atoms with Crippen LogP contribution in [-0.4, -0.2) is 18.8 Å².